The summed E-state index contributed by atoms with van der Waals surface area (Å²) < 4.78 is 10.6. The van der Waals surface area contributed by atoms with Crippen LogP contribution in [0.15, 0.2) is 16.1 Å². The molecular weight excluding hydrogens is 244 g/mol. The van der Waals surface area contributed by atoms with Gasteiger partial charge in [0.25, 0.3) is 5.89 Å². The Bertz CT molecular complexity index is 481. The molecule has 3 rings (SSSR count). The first kappa shape index (κ1) is 12.4. The topological polar surface area (TPSA) is 65.2 Å². The molecule has 2 fully saturated rings. The lowest BCUT2D eigenvalue weighted by Crippen LogP contribution is -2.04. The van der Waals surface area contributed by atoms with Crippen LogP contribution >= 0.6 is 0 Å². The van der Waals surface area contributed by atoms with Crippen LogP contribution < -0.4 is 0 Å². The molecule has 2 aliphatic rings. The zero-order valence-electron chi connectivity index (χ0n) is 10.9. The third kappa shape index (κ3) is 3.43. The van der Waals surface area contributed by atoms with Crippen molar-refractivity contribution < 1.29 is 13.9 Å². The van der Waals surface area contributed by atoms with Crippen LogP contribution in [0.5, 0.6) is 0 Å². The van der Waals surface area contributed by atoms with Gasteiger partial charge in [-0.05, 0) is 38.5 Å². The Morgan fingerprint density at radius 1 is 1.26 bits per heavy atom. The third-order valence-electron chi connectivity index (χ3n) is 3.56. The van der Waals surface area contributed by atoms with E-state index in [0.717, 1.165) is 25.7 Å². The van der Waals surface area contributed by atoms with Gasteiger partial charge >= 0.3 is 5.97 Å². The van der Waals surface area contributed by atoms with E-state index in [0.29, 0.717) is 17.7 Å². The third-order valence-corrected chi connectivity index (χ3v) is 3.56. The molecule has 0 saturated heterocycles. The van der Waals surface area contributed by atoms with Crippen molar-refractivity contribution in [2.75, 3.05) is 0 Å². The molecular formula is C14H18N2O3. The van der Waals surface area contributed by atoms with E-state index in [-0.39, 0.29) is 12.6 Å². The number of rotatable bonds is 4. The van der Waals surface area contributed by atoms with E-state index in [1.807, 2.05) is 0 Å². The highest BCUT2D eigenvalue weighted by Crippen LogP contribution is 2.39. The lowest BCUT2D eigenvalue weighted by molar-refractivity contribution is -0.139. The second kappa shape index (κ2) is 5.55. The van der Waals surface area contributed by atoms with Crippen molar-refractivity contribution >= 4 is 5.97 Å². The minimum atomic E-state index is -0.303. The van der Waals surface area contributed by atoms with Crippen LogP contribution in [-0.2, 0) is 16.1 Å². The average molecular weight is 262 g/mol. The van der Waals surface area contributed by atoms with Crippen LogP contribution in [0.3, 0.4) is 0 Å². The van der Waals surface area contributed by atoms with Crippen LogP contribution in [0.25, 0.3) is 0 Å². The molecule has 102 valence electrons. The van der Waals surface area contributed by atoms with Gasteiger partial charge in [-0.2, -0.15) is 0 Å². The van der Waals surface area contributed by atoms with E-state index in [1.165, 1.54) is 24.8 Å². The van der Waals surface area contributed by atoms with Gasteiger partial charge in [-0.15, -0.1) is 10.2 Å². The van der Waals surface area contributed by atoms with Crippen LogP contribution in [0.2, 0.25) is 0 Å². The van der Waals surface area contributed by atoms with E-state index < -0.39 is 0 Å². The standard InChI is InChI=1S/C14H18N2O3/c17-13(8-10-4-2-1-3-5-10)18-9-12-15-16-14(19-12)11-6-7-11/h8,11H,1-7,9H2. The molecule has 0 unspecified atom stereocenters. The van der Waals surface area contributed by atoms with E-state index >= 15 is 0 Å². The summed E-state index contributed by atoms with van der Waals surface area (Å²) in [4.78, 5) is 11.6. The van der Waals surface area contributed by atoms with Crippen LogP contribution in [0.1, 0.15) is 62.6 Å². The number of allylic oxidation sites excluding steroid dienone is 1. The summed E-state index contributed by atoms with van der Waals surface area (Å²) in [7, 11) is 0. The normalized spacial score (nSPS) is 19.3. The molecule has 1 heterocycles. The summed E-state index contributed by atoms with van der Waals surface area (Å²) in [6.45, 7) is 0.0718. The molecule has 0 amide bonds. The van der Waals surface area contributed by atoms with Crippen LogP contribution in [-0.4, -0.2) is 16.2 Å². The Labute approximate surface area is 112 Å². The molecule has 19 heavy (non-hydrogen) atoms. The fourth-order valence-corrected chi connectivity index (χ4v) is 2.31. The molecule has 2 saturated carbocycles. The number of carbonyl (C=O) groups excluding carboxylic acids is 1. The number of hydrogen-bond donors (Lipinski definition) is 0. The number of aromatic nitrogens is 2. The Morgan fingerprint density at radius 2 is 2.05 bits per heavy atom. The van der Waals surface area contributed by atoms with Gasteiger partial charge in [0.2, 0.25) is 5.89 Å². The zero-order valence-corrected chi connectivity index (χ0v) is 10.9. The predicted octanol–water partition coefficient (Wildman–Crippen LogP) is 2.88. The molecule has 1 aromatic heterocycles. The van der Waals surface area contributed by atoms with Gasteiger partial charge in [-0.3, -0.25) is 0 Å². The van der Waals surface area contributed by atoms with Crippen molar-refractivity contribution in [1.82, 2.24) is 10.2 Å². The van der Waals surface area contributed by atoms with Crippen molar-refractivity contribution in [2.45, 2.75) is 57.5 Å². The van der Waals surface area contributed by atoms with Gasteiger partial charge in [-0.1, -0.05) is 12.0 Å². The summed E-state index contributed by atoms with van der Waals surface area (Å²) >= 11 is 0. The summed E-state index contributed by atoms with van der Waals surface area (Å²) in [5, 5.41) is 7.83. The highest BCUT2D eigenvalue weighted by molar-refractivity contribution is 5.82. The SMILES string of the molecule is O=C(C=C1CCCCC1)OCc1nnc(C2CC2)o1. The largest absolute Gasteiger partial charge is 0.452 e. The summed E-state index contributed by atoms with van der Waals surface area (Å²) in [5.74, 6) is 1.19. The van der Waals surface area contributed by atoms with Crippen LogP contribution in [0, 0.1) is 0 Å². The van der Waals surface area contributed by atoms with E-state index in [1.54, 1.807) is 6.08 Å². The number of esters is 1. The number of nitrogens with zero attached hydrogens (tertiary/aromatic N) is 2. The molecule has 0 aliphatic heterocycles. The smallest absolute Gasteiger partial charge is 0.331 e. The van der Waals surface area contributed by atoms with Crippen molar-refractivity contribution in [3.63, 3.8) is 0 Å². The Morgan fingerprint density at radius 3 is 2.79 bits per heavy atom. The molecule has 0 radical (unpaired) electrons. The summed E-state index contributed by atoms with van der Waals surface area (Å²) in [6, 6.07) is 0. The van der Waals surface area contributed by atoms with E-state index in [2.05, 4.69) is 10.2 Å². The highest BCUT2D eigenvalue weighted by Gasteiger charge is 2.29. The second-order valence-corrected chi connectivity index (χ2v) is 5.28. The van der Waals surface area contributed by atoms with Crippen molar-refractivity contribution in [1.29, 1.82) is 0 Å². The number of carbonyl (C=O) groups is 1. The van der Waals surface area contributed by atoms with Gasteiger partial charge < -0.3 is 9.15 Å². The first-order valence-electron chi connectivity index (χ1n) is 7.00. The van der Waals surface area contributed by atoms with Gasteiger partial charge in [0.15, 0.2) is 6.61 Å². The Hall–Kier alpha value is -1.65. The van der Waals surface area contributed by atoms with Crippen LogP contribution in [0.4, 0.5) is 0 Å². The Kier molecular flexibility index (Phi) is 3.62. The fraction of sp³-hybridized carbons (Fsp3) is 0.643. The quantitative estimate of drug-likeness (QED) is 0.616. The molecule has 0 N–H and O–H groups in total. The second-order valence-electron chi connectivity index (χ2n) is 5.28. The van der Waals surface area contributed by atoms with Crippen molar-refractivity contribution in [3.05, 3.63) is 23.4 Å². The first-order valence-corrected chi connectivity index (χ1v) is 7.00. The number of hydrogen-bond acceptors (Lipinski definition) is 5. The van der Waals surface area contributed by atoms with Gasteiger partial charge in [0.1, 0.15) is 0 Å². The molecule has 0 aromatic carbocycles. The molecule has 0 spiro atoms. The lowest BCUT2D eigenvalue weighted by atomic mass is 9.95. The molecule has 5 nitrogen and oxygen atoms in total. The van der Waals surface area contributed by atoms with Crippen molar-refractivity contribution in [2.24, 2.45) is 0 Å². The average Bonchev–Trinajstić information content (AvgIpc) is 3.17. The fourth-order valence-electron chi connectivity index (χ4n) is 2.31. The van der Waals surface area contributed by atoms with E-state index in [9.17, 15) is 4.79 Å². The lowest BCUT2D eigenvalue weighted by Gasteiger charge is -2.12. The van der Waals surface area contributed by atoms with Crippen molar-refractivity contribution in [3.8, 4) is 0 Å². The monoisotopic (exact) mass is 262 g/mol. The Balaban J connectivity index is 1.48. The maximum atomic E-state index is 11.6. The minimum Gasteiger partial charge on any atom is -0.452 e. The molecule has 2 aliphatic carbocycles. The summed E-state index contributed by atoms with van der Waals surface area (Å²) in [6.07, 6.45) is 9.50. The summed E-state index contributed by atoms with van der Waals surface area (Å²) in [5.41, 5.74) is 1.19. The van der Waals surface area contributed by atoms with E-state index in [4.69, 9.17) is 9.15 Å². The van der Waals surface area contributed by atoms with Gasteiger partial charge in [-0.25, -0.2) is 4.79 Å². The van der Waals surface area contributed by atoms with Gasteiger partial charge in [0.05, 0.1) is 0 Å². The maximum absolute atomic E-state index is 11.6. The zero-order chi connectivity index (χ0) is 13.1. The molecule has 0 bridgehead atoms. The minimum absolute atomic E-state index is 0.0718. The molecule has 1 aromatic rings. The molecule has 0 atom stereocenters. The predicted molar refractivity (Wildman–Crippen MR) is 67.2 cm³/mol. The first-order chi connectivity index (χ1) is 9.31. The van der Waals surface area contributed by atoms with Gasteiger partial charge in [0, 0.05) is 12.0 Å². The molecule has 5 heteroatoms. The highest BCUT2D eigenvalue weighted by atomic mass is 16.5. The number of ether oxygens (including phenoxy) is 1. The maximum Gasteiger partial charge on any atom is 0.331 e.